The van der Waals surface area contributed by atoms with Crippen molar-refractivity contribution < 1.29 is 4.79 Å². The van der Waals surface area contributed by atoms with Crippen LogP contribution >= 0.6 is 0 Å². The number of rotatable bonds is 2. The van der Waals surface area contributed by atoms with Crippen molar-refractivity contribution in [2.24, 2.45) is 5.92 Å². The Balaban J connectivity index is 2.07. The molecular weight excluding hydrogens is 214 g/mol. The zero-order valence-corrected chi connectivity index (χ0v) is 9.39. The highest BCUT2D eigenvalue weighted by Crippen LogP contribution is 2.30. The summed E-state index contributed by atoms with van der Waals surface area (Å²) >= 11 is 0. The van der Waals surface area contributed by atoms with Gasteiger partial charge in [0, 0.05) is 24.3 Å². The average molecular weight is 227 g/mol. The molecule has 1 saturated heterocycles. The third kappa shape index (κ3) is 1.53. The number of carbonyl (C=O) groups is 1. The Labute approximate surface area is 98.9 Å². The van der Waals surface area contributed by atoms with E-state index in [-0.39, 0.29) is 11.8 Å². The van der Waals surface area contributed by atoms with Gasteiger partial charge in [-0.2, -0.15) is 5.10 Å². The first-order valence-electron chi connectivity index (χ1n) is 5.64. The number of aromatic nitrogens is 2. The van der Waals surface area contributed by atoms with Gasteiger partial charge in [0.1, 0.15) is 0 Å². The van der Waals surface area contributed by atoms with Crippen LogP contribution in [0.2, 0.25) is 0 Å². The van der Waals surface area contributed by atoms with Crippen LogP contribution in [0.15, 0.2) is 37.1 Å². The van der Waals surface area contributed by atoms with Crippen LogP contribution in [0.1, 0.15) is 6.42 Å². The van der Waals surface area contributed by atoms with Gasteiger partial charge in [-0.1, -0.05) is 12.1 Å². The van der Waals surface area contributed by atoms with Crippen molar-refractivity contribution >= 4 is 22.5 Å². The van der Waals surface area contributed by atoms with Crippen LogP contribution in [0.4, 0.5) is 5.69 Å². The number of H-pyrrole nitrogens is 1. The molecule has 4 heteroatoms. The zero-order chi connectivity index (χ0) is 11.8. The molecule has 86 valence electrons. The van der Waals surface area contributed by atoms with Crippen LogP contribution in [-0.2, 0) is 4.79 Å². The van der Waals surface area contributed by atoms with Crippen molar-refractivity contribution in [2.45, 2.75) is 6.42 Å². The van der Waals surface area contributed by atoms with E-state index in [0.717, 1.165) is 16.6 Å². The topological polar surface area (TPSA) is 49.0 Å². The van der Waals surface area contributed by atoms with Gasteiger partial charge in [0.15, 0.2) is 0 Å². The summed E-state index contributed by atoms with van der Waals surface area (Å²) in [6.45, 7) is 4.48. The number of aromatic amines is 1. The first-order valence-corrected chi connectivity index (χ1v) is 5.64. The van der Waals surface area contributed by atoms with Crippen LogP contribution in [0, 0.1) is 5.92 Å². The largest absolute Gasteiger partial charge is 0.311 e. The molecule has 0 aliphatic carbocycles. The number of fused-ring (bicyclic) bond motifs is 1. The second-order valence-corrected chi connectivity index (χ2v) is 4.31. The second-order valence-electron chi connectivity index (χ2n) is 4.31. The molecule has 2 aromatic rings. The van der Waals surface area contributed by atoms with E-state index < -0.39 is 0 Å². The number of nitrogens with zero attached hydrogens (tertiary/aromatic N) is 2. The summed E-state index contributed by atoms with van der Waals surface area (Å²) in [5.41, 5.74) is 1.89. The molecule has 0 spiro atoms. The number of hydrogen-bond donors (Lipinski definition) is 1. The van der Waals surface area contributed by atoms with Crippen LogP contribution < -0.4 is 4.90 Å². The molecular formula is C13H13N3O. The maximum absolute atomic E-state index is 12.0. The van der Waals surface area contributed by atoms with Crippen LogP contribution in [0.5, 0.6) is 0 Å². The van der Waals surface area contributed by atoms with Crippen molar-refractivity contribution in [3.05, 3.63) is 37.1 Å². The van der Waals surface area contributed by atoms with Gasteiger partial charge in [0.05, 0.1) is 17.4 Å². The highest BCUT2D eigenvalue weighted by atomic mass is 16.2. The maximum Gasteiger partial charge on any atom is 0.227 e. The molecule has 2 heterocycles. The third-order valence-corrected chi connectivity index (χ3v) is 3.24. The fourth-order valence-corrected chi connectivity index (χ4v) is 2.31. The minimum atomic E-state index is 0.156. The Bertz CT molecular complexity index is 587. The van der Waals surface area contributed by atoms with E-state index in [1.165, 1.54) is 0 Å². The van der Waals surface area contributed by atoms with Crippen LogP contribution in [-0.4, -0.2) is 22.6 Å². The van der Waals surface area contributed by atoms with Gasteiger partial charge in [-0.15, -0.1) is 6.58 Å². The number of nitrogens with one attached hydrogen (secondary N) is 1. The molecule has 1 aliphatic heterocycles. The molecule has 1 aromatic heterocycles. The quantitative estimate of drug-likeness (QED) is 0.799. The van der Waals surface area contributed by atoms with Crippen molar-refractivity contribution in [1.29, 1.82) is 0 Å². The Morgan fingerprint density at radius 2 is 2.41 bits per heavy atom. The Hall–Kier alpha value is -2.10. The number of hydrogen-bond acceptors (Lipinski definition) is 2. The SMILES string of the molecule is C=CC1CC(=O)N(c2cccc3[nH]ncc23)C1. The molecule has 1 aromatic carbocycles. The van der Waals surface area contributed by atoms with Gasteiger partial charge < -0.3 is 4.90 Å². The average Bonchev–Trinajstić information content (AvgIpc) is 2.94. The Morgan fingerprint density at radius 1 is 1.53 bits per heavy atom. The standard InChI is InChI=1S/C13H13N3O/c1-2-9-6-13(17)16(8-9)12-5-3-4-11-10(12)7-14-15-11/h2-5,7,9H,1,6,8H2,(H,14,15). The molecule has 1 fully saturated rings. The van der Waals surface area contributed by atoms with E-state index in [2.05, 4.69) is 16.8 Å². The molecule has 0 bridgehead atoms. The number of benzene rings is 1. The van der Waals surface area contributed by atoms with E-state index >= 15 is 0 Å². The molecule has 1 atom stereocenters. The van der Waals surface area contributed by atoms with E-state index in [1.54, 1.807) is 6.20 Å². The predicted molar refractivity (Wildman–Crippen MR) is 66.8 cm³/mol. The summed E-state index contributed by atoms with van der Waals surface area (Å²) in [4.78, 5) is 13.8. The molecule has 17 heavy (non-hydrogen) atoms. The molecule has 1 aliphatic rings. The Morgan fingerprint density at radius 3 is 3.18 bits per heavy atom. The normalized spacial score (nSPS) is 20.1. The fraction of sp³-hybridized carbons (Fsp3) is 0.231. The highest BCUT2D eigenvalue weighted by molar-refractivity contribution is 6.04. The monoisotopic (exact) mass is 227 g/mol. The fourth-order valence-electron chi connectivity index (χ4n) is 2.31. The van der Waals surface area contributed by atoms with Crippen LogP contribution in [0.25, 0.3) is 10.9 Å². The van der Waals surface area contributed by atoms with E-state index in [9.17, 15) is 4.79 Å². The van der Waals surface area contributed by atoms with Gasteiger partial charge in [0.25, 0.3) is 0 Å². The second kappa shape index (κ2) is 3.73. The summed E-state index contributed by atoms with van der Waals surface area (Å²) in [7, 11) is 0. The Kier molecular flexibility index (Phi) is 2.21. The van der Waals surface area contributed by atoms with Gasteiger partial charge in [-0.3, -0.25) is 9.89 Å². The summed E-state index contributed by atoms with van der Waals surface area (Å²) < 4.78 is 0. The number of carbonyl (C=O) groups excluding carboxylic acids is 1. The molecule has 3 rings (SSSR count). The van der Waals surface area contributed by atoms with Gasteiger partial charge in [-0.05, 0) is 12.1 Å². The van der Waals surface area contributed by atoms with Crippen molar-refractivity contribution in [1.82, 2.24) is 10.2 Å². The minimum absolute atomic E-state index is 0.156. The molecule has 1 amide bonds. The maximum atomic E-state index is 12.0. The first kappa shape index (κ1) is 10.1. The van der Waals surface area contributed by atoms with Gasteiger partial charge in [0.2, 0.25) is 5.91 Å². The number of amides is 1. The van der Waals surface area contributed by atoms with Crippen molar-refractivity contribution in [2.75, 3.05) is 11.4 Å². The molecule has 1 N–H and O–H groups in total. The van der Waals surface area contributed by atoms with Gasteiger partial charge in [-0.25, -0.2) is 0 Å². The molecule has 1 unspecified atom stereocenters. The summed E-state index contributed by atoms with van der Waals surface area (Å²) in [6.07, 6.45) is 4.17. The van der Waals surface area contributed by atoms with E-state index in [1.807, 2.05) is 29.2 Å². The summed E-state index contributed by atoms with van der Waals surface area (Å²) in [5.74, 6) is 0.410. The lowest BCUT2D eigenvalue weighted by Gasteiger charge is -2.16. The molecule has 4 nitrogen and oxygen atoms in total. The lowest BCUT2D eigenvalue weighted by molar-refractivity contribution is -0.117. The van der Waals surface area contributed by atoms with E-state index in [0.29, 0.717) is 13.0 Å². The number of anilines is 1. The third-order valence-electron chi connectivity index (χ3n) is 3.24. The minimum Gasteiger partial charge on any atom is -0.311 e. The summed E-state index contributed by atoms with van der Waals surface area (Å²) in [5, 5.41) is 7.92. The van der Waals surface area contributed by atoms with Gasteiger partial charge >= 0.3 is 0 Å². The van der Waals surface area contributed by atoms with Crippen molar-refractivity contribution in [3.8, 4) is 0 Å². The lowest BCUT2D eigenvalue weighted by atomic mass is 10.1. The lowest BCUT2D eigenvalue weighted by Crippen LogP contribution is -2.24. The van der Waals surface area contributed by atoms with E-state index in [4.69, 9.17) is 0 Å². The first-order chi connectivity index (χ1) is 8.29. The summed E-state index contributed by atoms with van der Waals surface area (Å²) in [6, 6.07) is 5.85. The smallest absolute Gasteiger partial charge is 0.227 e. The highest BCUT2D eigenvalue weighted by Gasteiger charge is 2.29. The zero-order valence-electron chi connectivity index (χ0n) is 9.39. The van der Waals surface area contributed by atoms with Crippen LogP contribution in [0.3, 0.4) is 0 Å². The predicted octanol–water partition coefficient (Wildman–Crippen LogP) is 2.10. The molecule has 0 saturated carbocycles. The van der Waals surface area contributed by atoms with Crippen molar-refractivity contribution in [3.63, 3.8) is 0 Å². The molecule has 0 radical (unpaired) electrons.